The summed E-state index contributed by atoms with van der Waals surface area (Å²) in [5, 5.41) is 5.73. The number of ether oxygens (including phenoxy) is 2. The van der Waals surface area contributed by atoms with Gasteiger partial charge in [-0.15, -0.1) is 11.3 Å². The number of piperidine rings is 1. The zero-order valence-electron chi connectivity index (χ0n) is 25.7. The van der Waals surface area contributed by atoms with Crippen molar-refractivity contribution in [2.75, 3.05) is 19.7 Å². The predicted octanol–water partition coefficient (Wildman–Crippen LogP) is 7.58. The lowest BCUT2D eigenvalue weighted by Crippen LogP contribution is -2.38. The lowest BCUT2D eigenvalue weighted by molar-refractivity contribution is -0.143. The van der Waals surface area contributed by atoms with Gasteiger partial charge in [0.05, 0.1) is 23.4 Å². The molecule has 1 saturated carbocycles. The van der Waals surface area contributed by atoms with Gasteiger partial charge in [-0.25, -0.2) is 14.5 Å². The zero-order valence-corrected chi connectivity index (χ0v) is 26.5. The third kappa shape index (κ3) is 6.96. The van der Waals surface area contributed by atoms with E-state index < -0.39 is 23.4 Å². The minimum atomic E-state index is -4.86. The summed E-state index contributed by atoms with van der Waals surface area (Å²) in [6, 6.07) is 12.9. The van der Waals surface area contributed by atoms with Crippen LogP contribution < -0.4 is 4.74 Å². The number of carbonyl (C=O) groups is 2. The van der Waals surface area contributed by atoms with E-state index in [4.69, 9.17) is 9.47 Å². The Morgan fingerprint density at radius 1 is 1.07 bits per heavy atom. The number of benzene rings is 1. The molecule has 4 aromatic rings. The molecule has 242 valence electrons. The summed E-state index contributed by atoms with van der Waals surface area (Å²) in [5.74, 6) is 0.877. The summed E-state index contributed by atoms with van der Waals surface area (Å²) in [7, 11) is 0. The zero-order chi connectivity index (χ0) is 32.4. The largest absolute Gasteiger partial charge is 0.489 e. The second-order valence-electron chi connectivity index (χ2n) is 11.8. The molecule has 0 N–H and O–H groups in total. The average Bonchev–Trinajstić information content (AvgIpc) is 3.52. The summed E-state index contributed by atoms with van der Waals surface area (Å²) >= 11 is 1.41. The van der Waals surface area contributed by atoms with Crippen LogP contribution in [-0.4, -0.2) is 51.2 Å². The first-order valence-electron chi connectivity index (χ1n) is 15.5. The minimum Gasteiger partial charge on any atom is -0.489 e. The predicted molar refractivity (Wildman–Crippen MR) is 167 cm³/mol. The van der Waals surface area contributed by atoms with Crippen LogP contribution in [0.4, 0.5) is 13.2 Å². The molecule has 12 heteroatoms. The van der Waals surface area contributed by atoms with Gasteiger partial charge in [-0.1, -0.05) is 18.2 Å². The van der Waals surface area contributed by atoms with Gasteiger partial charge in [-0.05, 0) is 92.1 Å². The van der Waals surface area contributed by atoms with Gasteiger partial charge in [-0.3, -0.25) is 4.79 Å². The molecule has 2 fully saturated rings. The number of pyridine rings is 1. The second kappa shape index (κ2) is 13.3. The average molecular weight is 653 g/mol. The van der Waals surface area contributed by atoms with Crippen LogP contribution in [0.25, 0.3) is 16.4 Å². The lowest BCUT2D eigenvalue weighted by Gasteiger charge is -2.32. The van der Waals surface area contributed by atoms with Crippen LogP contribution in [-0.2, 0) is 22.3 Å². The molecule has 6 rings (SSSR count). The molecule has 46 heavy (non-hydrogen) atoms. The van der Waals surface area contributed by atoms with Crippen molar-refractivity contribution in [2.45, 2.75) is 64.7 Å². The number of aryl methyl sites for hydroxylation is 1. The molecule has 1 aliphatic carbocycles. The number of nitrogens with zero attached hydrogens (tertiary/aromatic N) is 4. The van der Waals surface area contributed by atoms with Crippen LogP contribution in [0, 0.1) is 12.8 Å². The number of carbonyl (C=O) groups excluding carboxylic acids is 2. The highest BCUT2D eigenvalue weighted by Gasteiger charge is 2.41. The Bertz CT molecular complexity index is 1720. The second-order valence-corrected chi connectivity index (χ2v) is 12.7. The number of hydrogen-bond donors (Lipinski definition) is 0. The van der Waals surface area contributed by atoms with Crippen LogP contribution >= 0.6 is 11.3 Å². The van der Waals surface area contributed by atoms with Crippen LogP contribution in [0.15, 0.2) is 54.0 Å². The molecule has 0 atom stereocenters. The van der Waals surface area contributed by atoms with Crippen molar-refractivity contribution in [1.29, 1.82) is 0 Å². The molecule has 8 nitrogen and oxygen atoms in total. The Morgan fingerprint density at radius 2 is 1.85 bits per heavy atom. The van der Waals surface area contributed by atoms with Gasteiger partial charge in [0.1, 0.15) is 17.9 Å². The fraction of sp³-hybridized carbons (Fsp3) is 0.412. The fourth-order valence-corrected chi connectivity index (χ4v) is 6.78. The fourth-order valence-electron chi connectivity index (χ4n) is 5.90. The number of rotatable bonds is 10. The quantitative estimate of drug-likeness (QED) is 0.164. The van der Waals surface area contributed by atoms with Gasteiger partial charge in [-0.2, -0.15) is 18.3 Å². The lowest BCUT2D eigenvalue weighted by atomic mass is 9.88. The molecule has 0 radical (unpaired) electrons. The summed E-state index contributed by atoms with van der Waals surface area (Å²) in [6.45, 7) is 5.31. The first-order valence-corrected chi connectivity index (χ1v) is 16.4. The van der Waals surface area contributed by atoms with Crippen molar-refractivity contribution in [2.24, 2.45) is 5.92 Å². The molecule has 3 aromatic heterocycles. The van der Waals surface area contributed by atoms with Crippen molar-refractivity contribution in [1.82, 2.24) is 19.7 Å². The smallest absolute Gasteiger partial charge is 0.434 e. The highest BCUT2D eigenvalue weighted by molar-refractivity contribution is 7.13. The number of esters is 1. The third-order valence-corrected chi connectivity index (χ3v) is 9.50. The molecular formula is C34H35F3N4O4S. The summed E-state index contributed by atoms with van der Waals surface area (Å²) in [4.78, 5) is 32.0. The molecule has 1 aliphatic heterocycles. The third-order valence-electron chi connectivity index (χ3n) is 8.53. The van der Waals surface area contributed by atoms with E-state index in [-0.39, 0.29) is 19.0 Å². The van der Waals surface area contributed by atoms with Crippen LogP contribution in [0.2, 0.25) is 0 Å². The number of alkyl halides is 3. The van der Waals surface area contributed by atoms with Crippen molar-refractivity contribution >= 4 is 23.2 Å². The number of aromatic nitrogens is 3. The van der Waals surface area contributed by atoms with Gasteiger partial charge in [0.15, 0.2) is 11.5 Å². The maximum absolute atomic E-state index is 14.1. The van der Waals surface area contributed by atoms with Gasteiger partial charge in [0.25, 0.3) is 0 Å². The highest BCUT2D eigenvalue weighted by Crippen LogP contribution is 2.37. The molecule has 1 aromatic carbocycles. The van der Waals surface area contributed by atoms with Crippen LogP contribution in [0.1, 0.15) is 77.7 Å². The summed E-state index contributed by atoms with van der Waals surface area (Å²) in [6.07, 6.45) is 0.967. The Balaban J connectivity index is 1.14. The highest BCUT2D eigenvalue weighted by atomic mass is 32.1. The van der Waals surface area contributed by atoms with Gasteiger partial charge < -0.3 is 14.4 Å². The Kier molecular flexibility index (Phi) is 9.17. The summed E-state index contributed by atoms with van der Waals surface area (Å²) < 4.78 is 53.8. The topological polar surface area (TPSA) is 86.5 Å². The molecule has 0 bridgehead atoms. The van der Waals surface area contributed by atoms with E-state index >= 15 is 0 Å². The van der Waals surface area contributed by atoms with Crippen LogP contribution in [0.3, 0.4) is 0 Å². The van der Waals surface area contributed by atoms with E-state index in [1.807, 2.05) is 29.3 Å². The van der Waals surface area contributed by atoms with E-state index in [1.165, 1.54) is 42.7 Å². The molecule has 0 spiro atoms. The number of halogens is 3. The van der Waals surface area contributed by atoms with E-state index in [9.17, 15) is 22.8 Å². The van der Waals surface area contributed by atoms with E-state index in [2.05, 4.69) is 22.2 Å². The molecular weight excluding hydrogens is 617 g/mol. The van der Waals surface area contributed by atoms with Crippen molar-refractivity contribution in [3.8, 4) is 22.1 Å². The van der Waals surface area contributed by atoms with Crippen LogP contribution in [0.5, 0.6) is 5.75 Å². The van der Waals surface area contributed by atoms with Crippen molar-refractivity contribution in [3.63, 3.8) is 0 Å². The minimum absolute atomic E-state index is 0.0647. The van der Waals surface area contributed by atoms with E-state index in [1.54, 1.807) is 12.1 Å². The Morgan fingerprint density at radius 3 is 2.54 bits per heavy atom. The summed E-state index contributed by atoms with van der Waals surface area (Å²) in [5.41, 5.74) is 1.65. The first-order chi connectivity index (χ1) is 22.1. The molecule has 0 unspecified atom stereocenters. The van der Waals surface area contributed by atoms with E-state index in [0.717, 1.165) is 53.9 Å². The normalized spacial score (nSPS) is 15.6. The number of hydrogen-bond acceptors (Lipinski definition) is 7. The maximum Gasteiger partial charge on any atom is 0.434 e. The number of amides is 1. The monoisotopic (exact) mass is 652 g/mol. The number of likely N-dealkylation sites (tertiary alicyclic amines) is 1. The van der Waals surface area contributed by atoms with Gasteiger partial charge in [0, 0.05) is 25.1 Å². The van der Waals surface area contributed by atoms with Gasteiger partial charge >= 0.3 is 12.1 Å². The SMILES string of the molecule is CCOC(=O)c1cnn(-c2cccc(-c3sccc3COc3ccc(C4CCN(C(=O)CC5CC5)CC4)cc3C)n2)c1C(F)(F)F. The maximum atomic E-state index is 14.1. The van der Waals surface area contributed by atoms with Crippen molar-refractivity contribution < 1.29 is 32.2 Å². The molecule has 1 amide bonds. The molecule has 1 saturated heterocycles. The Labute approximate surface area is 269 Å². The van der Waals surface area contributed by atoms with E-state index in [0.29, 0.717) is 34.5 Å². The van der Waals surface area contributed by atoms with Crippen molar-refractivity contribution in [3.05, 3.63) is 82.0 Å². The molecule has 2 aliphatic rings. The first kappa shape index (κ1) is 31.8. The van der Waals surface area contributed by atoms with Gasteiger partial charge in [0.2, 0.25) is 5.91 Å². The Hall–Kier alpha value is -4.19. The number of thiophene rings is 1. The molecule has 4 heterocycles. The standard InChI is InChI=1S/C34H35F3N4O4S/c1-3-44-33(43)26-19-38-41(32(26)34(35,36)37)29-6-4-5-27(39-29)31-25(13-16-46-31)20-45-28-10-9-24(17-21(28)2)23-11-14-40(15-12-23)30(42)18-22-7-8-22/h4-6,9-10,13,16-17,19,22-23H,3,7-8,11-12,14-15,18,20H2,1-2H3.